The van der Waals surface area contributed by atoms with Gasteiger partial charge in [-0.1, -0.05) is 0 Å². The summed E-state index contributed by atoms with van der Waals surface area (Å²) in [7, 11) is -0.0794. The molecule has 0 saturated heterocycles. The molecule has 0 aliphatic rings. The molecule has 2 rings (SSSR count). The normalized spacial score (nSPS) is 11.5. The van der Waals surface area contributed by atoms with Crippen molar-refractivity contribution in [3.63, 3.8) is 0 Å². The lowest BCUT2D eigenvalue weighted by Crippen LogP contribution is -2.26. The van der Waals surface area contributed by atoms with Crippen molar-refractivity contribution in [3.8, 4) is 5.75 Å². The van der Waals surface area contributed by atoms with Crippen LogP contribution in [0.25, 0.3) is 0 Å². The van der Waals surface area contributed by atoms with Crippen LogP contribution in [-0.2, 0) is 23.5 Å². The molecule has 2 aromatic rings. The van der Waals surface area contributed by atoms with E-state index in [4.69, 9.17) is 4.74 Å². The van der Waals surface area contributed by atoms with Crippen LogP contribution >= 0.6 is 0 Å². The highest BCUT2D eigenvalue weighted by molar-refractivity contribution is 7.89. The van der Waals surface area contributed by atoms with Crippen LogP contribution < -0.4 is 9.46 Å². The lowest BCUT2D eigenvalue weighted by Gasteiger charge is -2.06. The van der Waals surface area contributed by atoms with Crippen molar-refractivity contribution < 1.29 is 13.2 Å². The first-order valence-corrected chi connectivity index (χ1v) is 7.60. The Hall–Kier alpha value is -1.86. The number of rotatable bonds is 6. The zero-order chi connectivity index (χ0) is 14.6. The van der Waals surface area contributed by atoms with Crippen molar-refractivity contribution in [2.45, 2.75) is 11.3 Å². The van der Waals surface area contributed by atoms with Crippen molar-refractivity contribution in [2.24, 2.45) is 7.05 Å². The van der Waals surface area contributed by atoms with Gasteiger partial charge in [0.05, 0.1) is 24.0 Å². The van der Waals surface area contributed by atoms with Crippen LogP contribution in [0.4, 0.5) is 0 Å². The molecule has 0 amide bonds. The van der Waals surface area contributed by atoms with Crippen LogP contribution in [0.3, 0.4) is 0 Å². The van der Waals surface area contributed by atoms with Gasteiger partial charge >= 0.3 is 0 Å². The van der Waals surface area contributed by atoms with E-state index in [1.165, 1.54) is 19.2 Å². The summed E-state index contributed by atoms with van der Waals surface area (Å²) in [5, 5.41) is 0. The Balaban J connectivity index is 1.96. The Labute approximate surface area is 118 Å². The molecule has 0 atom stereocenters. The van der Waals surface area contributed by atoms with Crippen molar-refractivity contribution in [2.75, 3.05) is 13.7 Å². The summed E-state index contributed by atoms with van der Waals surface area (Å²) in [5.74, 6) is 0.623. The molecular weight excluding hydrogens is 278 g/mol. The van der Waals surface area contributed by atoms with Crippen molar-refractivity contribution in [1.82, 2.24) is 14.3 Å². The Morgan fingerprint density at radius 3 is 2.55 bits per heavy atom. The number of imidazole rings is 1. The number of methoxy groups -OCH3 is 1. The van der Waals surface area contributed by atoms with Crippen LogP contribution in [0.5, 0.6) is 5.75 Å². The topological polar surface area (TPSA) is 73.2 Å². The van der Waals surface area contributed by atoms with E-state index >= 15 is 0 Å². The van der Waals surface area contributed by atoms with Crippen LogP contribution in [0, 0.1) is 0 Å². The molecule has 0 spiro atoms. The number of hydrogen-bond donors (Lipinski definition) is 1. The number of aryl methyl sites for hydroxylation is 1. The number of nitrogens with one attached hydrogen (secondary N) is 1. The molecule has 1 aromatic heterocycles. The van der Waals surface area contributed by atoms with Gasteiger partial charge in [0.25, 0.3) is 0 Å². The molecule has 0 fully saturated rings. The van der Waals surface area contributed by atoms with Crippen molar-refractivity contribution >= 4 is 10.0 Å². The monoisotopic (exact) mass is 295 g/mol. The zero-order valence-electron chi connectivity index (χ0n) is 11.4. The quantitative estimate of drug-likeness (QED) is 0.861. The van der Waals surface area contributed by atoms with Gasteiger partial charge in [-0.3, -0.25) is 0 Å². The van der Waals surface area contributed by atoms with Gasteiger partial charge in [0, 0.05) is 26.2 Å². The summed E-state index contributed by atoms with van der Waals surface area (Å²) in [6, 6.07) is 6.27. The smallest absolute Gasteiger partial charge is 0.240 e. The van der Waals surface area contributed by atoms with Gasteiger partial charge in [0.2, 0.25) is 10.0 Å². The molecule has 6 nitrogen and oxygen atoms in total. The molecule has 108 valence electrons. The average molecular weight is 295 g/mol. The largest absolute Gasteiger partial charge is 0.497 e. The van der Waals surface area contributed by atoms with E-state index in [0.717, 1.165) is 5.69 Å². The molecular formula is C13H17N3O3S. The van der Waals surface area contributed by atoms with Gasteiger partial charge < -0.3 is 9.30 Å². The standard InChI is InChI=1S/C13H17N3O3S/c1-16-9-11(14-10-16)7-8-15-20(17,18)13-5-3-12(19-2)4-6-13/h3-6,9-10,15H,7-8H2,1-2H3. The fourth-order valence-corrected chi connectivity index (χ4v) is 2.78. The maximum Gasteiger partial charge on any atom is 0.240 e. The predicted octanol–water partition coefficient (Wildman–Crippen LogP) is 0.950. The molecule has 1 N–H and O–H groups in total. The van der Waals surface area contributed by atoms with E-state index in [2.05, 4.69) is 9.71 Å². The van der Waals surface area contributed by atoms with Crippen molar-refractivity contribution in [1.29, 1.82) is 0 Å². The average Bonchev–Trinajstić information content (AvgIpc) is 2.84. The fraction of sp³-hybridized carbons (Fsp3) is 0.308. The molecule has 7 heteroatoms. The van der Waals surface area contributed by atoms with Crippen molar-refractivity contribution in [3.05, 3.63) is 42.5 Å². The van der Waals surface area contributed by atoms with Gasteiger partial charge in [-0.15, -0.1) is 0 Å². The summed E-state index contributed by atoms with van der Waals surface area (Å²) in [6.45, 7) is 0.311. The van der Waals surface area contributed by atoms with E-state index < -0.39 is 10.0 Å². The summed E-state index contributed by atoms with van der Waals surface area (Å²) in [5.41, 5.74) is 0.852. The highest BCUT2D eigenvalue weighted by Crippen LogP contribution is 2.15. The Kier molecular flexibility index (Phi) is 4.41. The van der Waals surface area contributed by atoms with Gasteiger partial charge in [-0.05, 0) is 24.3 Å². The maximum absolute atomic E-state index is 12.0. The number of aromatic nitrogens is 2. The number of benzene rings is 1. The van der Waals surface area contributed by atoms with Gasteiger partial charge in [0.1, 0.15) is 5.75 Å². The number of nitrogens with zero attached hydrogens (tertiary/aromatic N) is 2. The third-order valence-corrected chi connectivity index (χ3v) is 4.28. The van der Waals surface area contributed by atoms with E-state index in [1.54, 1.807) is 18.5 Å². The fourth-order valence-electron chi connectivity index (χ4n) is 1.75. The summed E-state index contributed by atoms with van der Waals surface area (Å²) in [6.07, 6.45) is 4.10. The highest BCUT2D eigenvalue weighted by atomic mass is 32.2. The Morgan fingerprint density at radius 2 is 2.00 bits per heavy atom. The predicted molar refractivity (Wildman–Crippen MR) is 75.1 cm³/mol. The molecule has 0 radical (unpaired) electrons. The summed E-state index contributed by atoms with van der Waals surface area (Å²) >= 11 is 0. The summed E-state index contributed by atoms with van der Waals surface area (Å²) < 4.78 is 33.5. The molecule has 0 saturated carbocycles. The minimum Gasteiger partial charge on any atom is -0.497 e. The third-order valence-electron chi connectivity index (χ3n) is 2.80. The molecule has 20 heavy (non-hydrogen) atoms. The molecule has 1 aromatic carbocycles. The van der Waals surface area contributed by atoms with E-state index in [1.807, 2.05) is 17.8 Å². The van der Waals surface area contributed by atoms with Gasteiger partial charge in [0.15, 0.2) is 0 Å². The number of sulfonamides is 1. The lowest BCUT2D eigenvalue weighted by molar-refractivity contribution is 0.414. The van der Waals surface area contributed by atoms with E-state index in [-0.39, 0.29) is 4.90 Å². The van der Waals surface area contributed by atoms with Crippen LogP contribution in [-0.4, -0.2) is 31.6 Å². The number of ether oxygens (including phenoxy) is 1. The molecule has 1 heterocycles. The molecule has 0 bridgehead atoms. The van der Waals surface area contributed by atoms with E-state index in [9.17, 15) is 8.42 Å². The summed E-state index contributed by atoms with van der Waals surface area (Å²) in [4.78, 5) is 4.36. The lowest BCUT2D eigenvalue weighted by atomic mass is 10.3. The third kappa shape index (κ3) is 3.58. The molecule has 0 aliphatic carbocycles. The molecule has 0 unspecified atom stereocenters. The first-order valence-electron chi connectivity index (χ1n) is 6.12. The van der Waals surface area contributed by atoms with Crippen LogP contribution in [0.1, 0.15) is 5.69 Å². The second kappa shape index (κ2) is 6.06. The SMILES string of the molecule is COc1ccc(S(=O)(=O)NCCc2cn(C)cn2)cc1. The van der Waals surface area contributed by atoms with Crippen LogP contribution in [0.15, 0.2) is 41.7 Å². The minimum absolute atomic E-state index is 0.222. The second-order valence-electron chi connectivity index (χ2n) is 4.35. The number of hydrogen-bond acceptors (Lipinski definition) is 4. The first kappa shape index (κ1) is 14.5. The Morgan fingerprint density at radius 1 is 1.30 bits per heavy atom. The maximum atomic E-state index is 12.0. The van der Waals surface area contributed by atoms with Gasteiger partial charge in [-0.2, -0.15) is 0 Å². The highest BCUT2D eigenvalue weighted by Gasteiger charge is 2.13. The molecule has 0 aliphatic heterocycles. The minimum atomic E-state index is -3.49. The van der Waals surface area contributed by atoms with Crippen LogP contribution in [0.2, 0.25) is 0 Å². The van der Waals surface area contributed by atoms with E-state index in [0.29, 0.717) is 18.7 Å². The first-order chi connectivity index (χ1) is 9.51. The zero-order valence-corrected chi connectivity index (χ0v) is 12.2. The Bertz CT molecular complexity index is 662. The second-order valence-corrected chi connectivity index (χ2v) is 6.12. The van der Waals surface area contributed by atoms with Gasteiger partial charge in [-0.25, -0.2) is 18.1 Å².